The first-order valence-electron chi connectivity index (χ1n) is 4.99. The number of alkyl halides is 1. The largest absolute Gasteiger partial charge is 0.468 e. The summed E-state index contributed by atoms with van der Waals surface area (Å²) in [5.74, 6) is -0.712. The fourth-order valence-corrected chi connectivity index (χ4v) is 1.67. The van der Waals surface area contributed by atoms with Crippen molar-refractivity contribution in [2.45, 2.75) is 11.8 Å². The lowest BCUT2D eigenvalue weighted by Gasteiger charge is -2.07. The van der Waals surface area contributed by atoms with Crippen molar-refractivity contribution in [1.82, 2.24) is 0 Å². The summed E-state index contributed by atoms with van der Waals surface area (Å²) < 4.78 is 4.40. The van der Waals surface area contributed by atoms with E-state index in [0.29, 0.717) is 0 Å². The Hall–Kier alpha value is -2.22. The summed E-state index contributed by atoms with van der Waals surface area (Å²) in [6.07, 6.45) is -0.100. The molecule has 0 N–H and O–H groups in total. The lowest BCUT2D eigenvalue weighted by molar-refractivity contribution is -0.394. The molecule has 0 aliphatic carbocycles. The first kappa shape index (κ1) is 14.8. The van der Waals surface area contributed by atoms with Gasteiger partial charge < -0.3 is 4.74 Å². The maximum atomic E-state index is 11.1. The molecule has 0 aliphatic heterocycles. The van der Waals surface area contributed by atoms with Crippen molar-refractivity contribution in [3.05, 3.63) is 44.0 Å². The van der Waals surface area contributed by atoms with Crippen molar-refractivity contribution in [3.63, 3.8) is 0 Å². The van der Waals surface area contributed by atoms with Gasteiger partial charge in [0.05, 0.1) is 23.0 Å². The van der Waals surface area contributed by atoms with Crippen LogP contribution in [-0.2, 0) is 16.0 Å². The van der Waals surface area contributed by atoms with Gasteiger partial charge in [0.1, 0.15) is 5.38 Å². The fraction of sp³-hybridized carbons (Fsp3) is 0.300. The molecule has 0 aliphatic rings. The van der Waals surface area contributed by atoms with Gasteiger partial charge in [-0.05, 0) is 12.0 Å². The highest BCUT2D eigenvalue weighted by atomic mass is 35.5. The number of methoxy groups -OCH3 is 1. The lowest BCUT2D eigenvalue weighted by Crippen LogP contribution is -2.18. The highest BCUT2D eigenvalue weighted by molar-refractivity contribution is 6.30. The van der Waals surface area contributed by atoms with E-state index < -0.39 is 32.6 Å². The smallest absolute Gasteiger partial charge is 0.324 e. The quantitative estimate of drug-likeness (QED) is 0.353. The average Bonchev–Trinajstić information content (AvgIpc) is 2.37. The Balaban J connectivity index is 3.09. The normalized spacial score (nSPS) is 11.7. The van der Waals surface area contributed by atoms with Gasteiger partial charge in [-0.1, -0.05) is 0 Å². The summed E-state index contributed by atoms with van der Waals surface area (Å²) in [5.41, 5.74) is -0.651. The molecule has 0 amide bonds. The van der Waals surface area contributed by atoms with E-state index in [0.717, 1.165) is 25.3 Å². The van der Waals surface area contributed by atoms with E-state index in [1.807, 2.05) is 0 Å². The highest BCUT2D eigenvalue weighted by Crippen LogP contribution is 2.24. The van der Waals surface area contributed by atoms with Crippen LogP contribution in [0.1, 0.15) is 5.56 Å². The van der Waals surface area contributed by atoms with Crippen LogP contribution < -0.4 is 0 Å². The molecule has 9 heteroatoms. The zero-order chi connectivity index (χ0) is 14.6. The van der Waals surface area contributed by atoms with Gasteiger partial charge in [-0.15, -0.1) is 11.6 Å². The van der Waals surface area contributed by atoms with E-state index in [4.69, 9.17) is 11.6 Å². The van der Waals surface area contributed by atoms with Crippen LogP contribution in [0.5, 0.6) is 0 Å². The van der Waals surface area contributed by atoms with Gasteiger partial charge >= 0.3 is 5.97 Å². The van der Waals surface area contributed by atoms with E-state index in [9.17, 15) is 25.0 Å². The molecule has 1 atom stereocenters. The van der Waals surface area contributed by atoms with E-state index in [1.54, 1.807) is 0 Å². The molecule has 19 heavy (non-hydrogen) atoms. The summed E-state index contributed by atoms with van der Waals surface area (Å²) in [5, 5.41) is 20.3. The minimum Gasteiger partial charge on any atom is -0.468 e. The van der Waals surface area contributed by atoms with E-state index in [-0.39, 0.29) is 12.0 Å². The molecule has 0 fully saturated rings. The van der Waals surface area contributed by atoms with Crippen molar-refractivity contribution in [3.8, 4) is 0 Å². The molecule has 102 valence electrons. The van der Waals surface area contributed by atoms with Crippen LogP contribution in [0.2, 0.25) is 0 Å². The standard InChI is InChI=1S/C10H9ClN2O6/c1-19-10(14)9(11)4-6-2-7(12(15)16)5-8(3-6)13(17)18/h2-3,5,9H,4H2,1H3. The monoisotopic (exact) mass is 288 g/mol. The van der Waals surface area contributed by atoms with Gasteiger partial charge in [-0.2, -0.15) is 0 Å². The van der Waals surface area contributed by atoms with Crippen LogP contribution in [0.3, 0.4) is 0 Å². The number of nitro groups is 2. The number of ether oxygens (including phenoxy) is 1. The van der Waals surface area contributed by atoms with Crippen LogP contribution in [-0.4, -0.2) is 28.3 Å². The lowest BCUT2D eigenvalue weighted by atomic mass is 10.1. The van der Waals surface area contributed by atoms with Crippen LogP contribution in [0.15, 0.2) is 18.2 Å². The third-order valence-electron chi connectivity index (χ3n) is 2.26. The van der Waals surface area contributed by atoms with Crippen LogP contribution >= 0.6 is 11.6 Å². The van der Waals surface area contributed by atoms with E-state index in [2.05, 4.69) is 4.74 Å². The number of benzene rings is 1. The predicted molar refractivity (Wildman–Crippen MR) is 65.1 cm³/mol. The number of hydrogen-bond acceptors (Lipinski definition) is 6. The Bertz CT molecular complexity index is 501. The fourth-order valence-electron chi connectivity index (χ4n) is 1.40. The van der Waals surface area contributed by atoms with Crippen molar-refractivity contribution >= 4 is 28.9 Å². The second kappa shape index (κ2) is 6.10. The molecule has 0 bridgehead atoms. The molecule has 1 rings (SSSR count). The topological polar surface area (TPSA) is 113 Å². The Morgan fingerprint density at radius 3 is 2.11 bits per heavy atom. The maximum absolute atomic E-state index is 11.1. The summed E-state index contributed by atoms with van der Waals surface area (Å²) >= 11 is 5.72. The molecule has 0 heterocycles. The second-order valence-electron chi connectivity index (χ2n) is 3.57. The minimum absolute atomic E-state index is 0.100. The molecule has 1 aromatic carbocycles. The van der Waals surface area contributed by atoms with Crippen molar-refractivity contribution in [2.75, 3.05) is 7.11 Å². The number of rotatable bonds is 5. The van der Waals surface area contributed by atoms with Crippen LogP contribution in [0, 0.1) is 20.2 Å². The number of carbonyl (C=O) groups excluding carboxylic acids is 1. The number of halogens is 1. The number of hydrogen-bond donors (Lipinski definition) is 0. The average molecular weight is 289 g/mol. The van der Waals surface area contributed by atoms with Gasteiger partial charge in [-0.3, -0.25) is 25.0 Å². The van der Waals surface area contributed by atoms with Crippen molar-refractivity contribution in [1.29, 1.82) is 0 Å². The molecule has 1 aromatic rings. The van der Waals surface area contributed by atoms with Crippen LogP contribution in [0.4, 0.5) is 11.4 Å². The number of esters is 1. The summed E-state index contributed by atoms with van der Waals surface area (Å²) in [6, 6.07) is 3.10. The number of carbonyl (C=O) groups is 1. The van der Waals surface area contributed by atoms with Gasteiger partial charge in [0.2, 0.25) is 0 Å². The third-order valence-corrected chi connectivity index (χ3v) is 2.59. The van der Waals surface area contributed by atoms with Gasteiger partial charge in [0.25, 0.3) is 11.4 Å². The molecular weight excluding hydrogens is 280 g/mol. The molecule has 0 saturated carbocycles. The minimum atomic E-state index is -1.06. The summed E-state index contributed by atoms with van der Waals surface area (Å²) in [7, 11) is 1.15. The van der Waals surface area contributed by atoms with Crippen molar-refractivity contribution in [2.24, 2.45) is 0 Å². The van der Waals surface area contributed by atoms with Gasteiger partial charge in [0.15, 0.2) is 0 Å². The number of non-ortho nitro benzene ring substituents is 2. The highest BCUT2D eigenvalue weighted by Gasteiger charge is 2.21. The number of nitro benzene ring substituents is 2. The second-order valence-corrected chi connectivity index (χ2v) is 4.09. The Morgan fingerprint density at radius 2 is 1.74 bits per heavy atom. The summed E-state index contributed by atoms with van der Waals surface area (Å²) in [4.78, 5) is 31.0. The zero-order valence-electron chi connectivity index (χ0n) is 9.74. The first-order valence-corrected chi connectivity index (χ1v) is 5.43. The van der Waals surface area contributed by atoms with Crippen molar-refractivity contribution < 1.29 is 19.4 Å². The molecule has 0 spiro atoms. The maximum Gasteiger partial charge on any atom is 0.324 e. The molecule has 8 nitrogen and oxygen atoms in total. The third kappa shape index (κ3) is 3.88. The zero-order valence-corrected chi connectivity index (χ0v) is 10.5. The Kier molecular flexibility index (Phi) is 4.76. The molecule has 1 unspecified atom stereocenters. The van der Waals surface area contributed by atoms with Gasteiger partial charge in [-0.25, -0.2) is 0 Å². The van der Waals surface area contributed by atoms with Gasteiger partial charge in [0, 0.05) is 12.1 Å². The summed E-state index contributed by atoms with van der Waals surface area (Å²) in [6.45, 7) is 0. The van der Waals surface area contributed by atoms with E-state index in [1.165, 1.54) is 0 Å². The molecular formula is C10H9ClN2O6. The number of nitrogens with zero attached hydrogens (tertiary/aromatic N) is 2. The molecule has 0 aromatic heterocycles. The molecule has 0 radical (unpaired) electrons. The Labute approximate surface area is 112 Å². The SMILES string of the molecule is COC(=O)C(Cl)Cc1cc([N+](=O)[O-])cc([N+](=O)[O-])c1. The van der Waals surface area contributed by atoms with Crippen LogP contribution in [0.25, 0.3) is 0 Å². The first-order chi connectivity index (χ1) is 8.85. The Morgan fingerprint density at radius 1 is 1.26 bits per heavy atom. The molecule has 0 saturated heterocycles. The predicted octanol–water partition coefficient (Wildman–Crippen LogP) is 1.83. The van der Waals surface area contributed by atoms with E-state index >= 15 is 0 Å².